The fourth-order valence-electron chi connectivity index (χ4n) is 1.53. The van der Waals surface area contributed by atoms with Crippen LogP contribution in [0.3, 0.4) is 0 Å². The van der Waals surface area contributed by atoms with E-state index < -0.39 is 10.0 Å². The predicted molar refractivity (Wildman–Crippen MR) is 72.7 cm³/mol. The van der Waals surface area contributed by atoms with Crippen LogP contribution in [-0.2, 0) is 16.6 Å². The summed E-state index contributed by atoms with van der Waals surface area (Å²) < 4.78 is 31.6. The van der Waals surface area contributed by atoms with Gasteiger partial charge in [0.1, 0.15) is 5.75 Å². The molecule has 0 aliphatic carbocycles. The Hall–Kier alpha value is -1.15. The van der Waals surface area contributed by atoms with E-state index in [4.69, 9.17) is 4.74 Å². The Bertz CT molecular complexity index is 514. The zero-order chi connectivity index (χ0) is 14.5. The van der Waals surface area contributed by atoms with Crippen molar-refractivity contribution in [3.8, 4) is 5.75 Å². The quantitative estimate of drug-likeness (QED) is 0.740. The summed E-state index contributed by atoms with van der Waals surface area (Å²) in [4.78, 5) is 2.01. The molecule has 0 spiro atoms. The van der Waals surface area contributed by atoms with E-state index in [-0.39, 0.29) is 11.5 Å². The molecule has 6 nitrogen and oxygen atoms in total. The van der Waals surface area contributed by atoms with Gasteiger partial charge in [0.05, 0.1) is 18.6 Å². The van der Waals surface area contributed by atoms with Gasteiger partial charge in [0.2, 0.25) is 10.0 Å². The Morgan fingerprint density at radius 2 is 2.05 bits per heavy atom. The van der Waals surface area contributed by atoms with Crippen LogP contribution in [0.4, 0.5) is 0 Å². The van der Waals surface area contributed by atoms with Crippen molar-refractivity contribution in [3.63, 3.8) is 0 Å². The molecule has 1 aromatic carbocycles. The number of hydrogen-bond acceptors (Lipinski definition) is 5. The van der Waals surface area contributed by atoms with Crippen LogP contribution < -0.4 is 9.46 Å². The van der Waals surface area contributed by atoms with Gasteiger partial charge in [-0.2, -0.15) is 0 Å². The normalized spacial score (nSPS) is 11.8. The van der Waals surface area contributed by atoms with E-state index in [1.807, 2.05) is 19.0 Å². The van der Waals surface area contributed by atoms with Gasteiger partial charge in [0.15, 0.2) is 0 Å². The zero-order valence-electron chi connectivity index (χ0n) is 11.4. The monoisotopic (exact) mass is 288 g/mol. The maximum atomic E-state index is 12.0. The second-order valence-electron chi connectivity index (χ2n) is 4.33. The van der Waals surface area contributed by atoms with Crippen LogP contribution in [0.25, 0.3) is 0 Å². The van der Waals surface area contributed by atoms with E-state index in [1.54, 1.807) is 0 Å². The summed E-state index contributed by atoms with van der Waals surface area (Å²) in [5.74, 6) is 0.467. The molecule has 0 bridgehead atoms. The fourth-order valence-corrected chi connectivity index (χ4v) is 2.60. The second kappa shape index (κ2) is 6.85. The molecule has 0 aliphatic heterocycles. The molecule has 0 unspecified atom stereocenters. The van der Waals surface area contributed by atoms with Crippen molar-refractivity contribution in [1.82, 2.24) is 9.62 Å². The highest BCUT2D eigenvalue weighted by Gasteiger charge is 2.15. The van der Waals surface area contributed by atoms with Gasteiger partial charge in [-0.05, 0) is 32.3 Å². The van der Waals surface area contributed by atoms with E-state index in [9.17, 15) is 13.5 Å². The third-order valence-electron chi connectivity index (χ3n) is 2.58. The average Bonchev–Trinajstić information content (AvgIpc) is 2.37. The first-order chi connectivity index (χ1) is 8.90. The molecular formula is C12H20N2O4S. The lowest BCUT2D eigenvalue weighted by Crippen LogP contribution is -2.31. The highest BCUT2D eigenvalue weighted by molar-refractivity contribution is 7.89. The topological polar surface area (TPSA) is 78.9 Å². The summed E-state index contributed by atoms with van der Waals surface area (Å²) in [5.41, 5.74) is 0.443. The van der Waals surface area contributed by atoms with Gasteiger partial charge in [0, 0.05) is 18.7 Å². The Labute approximate surface area is 114 Å². The van der Waals surface area contributed by atoms with E-state index in [0.717, 1.165) is 0 Å². The third-order valence-corrected chi connectivity index (χ3v) is 4.04. The summed E-state index contributed by atoms with van der Waals surface area (Å²) in [6, 6.07) is 4.40. The number of benzene rings is 1. The van der Waals surface area contributed by atoms with Gasteiger partial charge in [0.25, 0.3) is 0 Å². The largest absolute Gasteiger partial charge is 0.496 e. The van der Waals surface area contributed by atoms with E-state index >= 15 is 0 Å². The lowest BCUT2D eigenvalue weighted by Gasteiger charge is -2.12. The number of hydrogen-bond donors (Lipinski definition) is 2. The Morgan fingerprint density at radius 1 is 1.37 bits per heavy atom. The smallest absolute Gasteiger partial charge is 0.240 e. The molecule has 1 rings (SSSR count). The van der Waals surface area contributed by atoms with Gasteiger partial charge in [-0.15, -0.1) is 0 Å². The van der Waals surface area contributed by atoms with Crippen molar-refractivity contribution in [2.24, 2.45) is 0 Å². The fraction of sp³-hybridized carbons (Fsp3) is 0.500. The molecule has 0 radical (unpaired) electrons. The van der Waals surface area contributed by atoms with Crippen LogP contribution in [0.15, 0.2) is 23.1 Å². The molecule has 0 heterocycles. The van der Waals surface area contributed by atoms with Crippen LogP contribution in [0.5, 0.6) is 5.75 Å². The number of aliphatic hydroxyl groups excluding tert-OH is 1. The number of likely N-dealkylation sites (N-methyl/N-ethyl adjacent to an activating group) is 1. The summed E-state index contributed by atoms with van der Waals surface area (Å²) in [5, 5.41) is 9.19. The summed E-state index contributed by atoms with van der Waals surface area (Å²) >= 11 is 0. The molecule has 0 amide bonds. The van der Waals surface area contributed by atoms with Gasteiger partial charge in [-0.25, -0.2) is 13.1 Å². The minimum absolute atomic E-state index is 0.121. The number of aliphatic hydroxyl groups is 1. The van der Waals surface area contributed by atoms with Gasteiger partial charge in [-0.3, -0.25) is 0 Å². The molecule has 0 atom stereocenters. The number of ether oxygens (including phenoxy) is 1. The molecule has 7 heteroatoms. The van der Waals surface area contributed by atoms with E-state index in [0.29, 0.717) is 24.4 Å². The summed E-state index contributed by atoms with van der Waals surface area (Å²) in [6.07, 6.45) is 0. The standard InChI is InChI=1S/C12H20N2O4S/c1-14(2)7-6-13-19(16,17)11-4-5-12(18-3)10(8-11)9-15/h4-5,8,13,15H,6-7,9H2,1-3H3. The molecule has 108 valence electrons. The second-order valence-corrected chi connectivity index (χ2v) is 6.10. The number of rotatable bonds is 7. The molecule has 0 aromatic heterocycles. The minimum atomic E-state index is -3.56. The zero-order valence-corrected chi connectivity index (χ0v) is 12.2. The lowest BCUT2D eigenvalue weighted by atomic mass is 10.2. The number of methoxy groups -OCH3 is 1. The van der Waals surface area contributed by atoms with Crippen LogP contribution in [0.2, 0.25) is 0 Å². The number of nitrogens with zero attached hydrogens (tertiary/aromatic N) is 1. The first-order valence-electron chi connectivity index (χ1n) is 5.83. The molecular weight excluding hydrogens is 268 g/mol. The SMILES string of the molecule is COc1ccc(S(=O)(=O)NCCN(C)C)cc1CO. The van der Waals surface area contributed by atoms with Gasteiger partial charge >= 0.3 is 0 Å². The third kappa shape index (κ3) is 4.46. The predicted octanol–water partition coefficient (Wildman–Crippen LogP) is 0.0274. The highest BCUT2D eigenvalue weighted by atomic mass is 32.2. The van der Waals surface area contributed by atoms with Crippen LogP contribution >= 0.6 is 0 Å². The molecule has 0 saturated heterocycles. The molecule has 0 aliphatic rings. The maximum Gasteiger partial charge on any atom is 0.240 e. The van der Waals surface area contributed by atoms with Crippen LogP contribution in [0, 0.1) is 0 Å². The van der Waals surface area contributed by atoms with Crippen molar-refractivity contribution in [1.29, 1.82) is 0 Å². The van der Waals surface area contributed by atoms with Gasteiger partial charge < -0.3 is 14.7 Å². The Kier molecular flexibility index (Phi) is 5.74. The first kappa shape index (κ1) is 15.9. The Balaban J connectivity index is 2.89. The van der Waals surface area contributed by atoms with E-state index in [1.165, 1.54) is 25.3 Å². The van der Waals surface area contributed by atoms with Crippen molar-refractivity contribution >= 4 is 10.0 Å². The van der Waals surface area contributed by atoms with Crippen molar-refractivity contribution in [3.05, 3.63) is 23.8 Å². The van der Waals surface area contributed by atoms with E-state index in [2.05, 4.69) is 4.72 Å². The number of sulfonamides is 1. The molecule has 19 heavy (non-hydrogen) atoms. The summed E-state index contributed by atoms with van der Waals surface area (Å²) in [7, 11) is 1.65. The molecule has 1 aromatic rings. The average molecular weight is 288 g/mol. The summed E-state index contributed by atoms with van der Waals surface area (Å²) in [6.45, 7) is 0.669. The lowest BCUT2D eigenvalue weighted by molar-refractivity contribution is 0.273. The number of nitrogens with one attached hydrogen (secondary N) is 1. The van der Waals surface area contributed by atoms with Crippen molar-refractivity contribution in [2.75, 3.05) is 34.3 Å². The molecule has 0 fully saturated rings. The maximum absolute atomic E-state index is 12.0. The minimum Gasteiger partial charge on any atom is -0.496 e. The molecule has 0 saturated carbocycles. The first-order valence-corrected chi connectivity index (χ1v) is 7.31. The molecule has 2 N–H and O–H groups in total. The Morgan fingerprint density at radius 3 is 2.58 bits per heavy atom. The van der Waals surface area contributed by atoms with Crippen LogP contribution in [0.1, 0.15) is 5.56 Å². The van der Waals surface area contributed by atoms with Crippen molar-refractivity contribution in [2.45, 2.75) is 11.5 Å². The van der Waals surface area contributed by atoms with Gasteiger partial charge in [-0.1, -0.05) is 0 Å². The van der Waals surface area contributed by atoms with Crippen molar-refractivity contribution < 1.29 is 18.3 Å². The van der Waals surface area contributed by atoms with Crippen LogP contribution in [-0.4, -0.2) is 52.7 Å². The highest BCUT2D eigenvalue weighted by Crippen LogP contribution is 2.22.